The lowest BCUT2D eigenvalue weighted by molar-refractivity contribution is -0.119. The Hall–Kier alpha value is -1.26. The predicted molar refractivity (Wildman–Crippen MR) is 52.0 cm³/mol. The highest BCUT2D eigenvalue weighted by atomic mass is 35.5. The second-order valence-corrected chi connectivity index (χ2v) is 2.74. The molecule has 1 aromatic rings. The smallest absolute Gasteiger partial charge is 0.253 e. The molecule has 0 aliphatic carbocycles. The number of benzene rings is 1. The molecule has 1 amide bonds. The molecule has 0 fully saturated rings. The number of nitrogens with one attached hydrogen (secondary N) is 2. The third kappa shape index (κ3) is 3.64. The summed E-state index contributed by atoms with van der Waals surface area (Å²) in [6.45, 7) is 2.17. The van der Waals surface area contributed by atoms with Gasteiger partial charge in [-0.25, -0.2) is 5.84 Å². The van der Waals surface area contributed by atoms with Crippen molar-refractivity contribution in [1.29, 1.82) is 0 Å². The van der Waals surface area contributed by atoms with Gasteiger partial charge < -0.3 is 17.7 Å². The highest BCUT2D eigenvalue weighted by molar-refractivity contribution is 5.80. The van der Waals surface area contributed by atoms with Crippen molar-refractivity contribution in [3.63, 3.8) is 0 Å². The van der Waals surface area contributed by atoms with Crippen molar-refractivity contribution in [3.8, 4) is 0 Å². The van der Waals surface area contributed by atoms with Crippen molar-refractivity contribution >= 4 is 11.6 Å². The average molecular weight is 215 g/mol. The van der Waals surface area contributed by atoms with Crippen LogP contribution in [0.25, 0.3) is 0 Å². The van der Waals surface area contributed by atoms with Crippen LogP contribution in [0.15, 0.2) is 24.3 Å². The van der Waals surface area contributed by atoms with Gasteiger partial charge in [0, 0.05) is 5.69 Å². The van der Waals surface area contributed by atoms with E-state index in [1.54, 1.807) is 0 Å². The molecule has 0 bridgehead atoms. The Morgan fingerprint density at radius 3 is 2.64 bits per heavy atom. The first-order chi connectivity index (χ1) is 6.24. The zero-order valence-corrected chi connectivity index (χ0v) is 8.64. The second-order valence-electron chi connectivity index (χ2n) is 2.74. The molecule has 4 N–H and O–H groups in total. The van der Waals surface area contributed by atoms with E-state index in [-0.39, 0.29) is 24.9 Å². The molecule has 0 saturated carbocycles. The second kappa shape index (κ2) is 6.23. The molecule has 0 unspecified atom stereocenters. The van der Waals surface area contributed by atoms with E-state index in [0.29, 0.717) is 0 Å². The summed E-state index contributed by atoms with van der Waals surface area (Å²) in [6.07, 6.45) is 0. The summed E-state index contributed by atoms with van der Waals surface area (Å²) in [6, 6.07) is 7.75. The Morgan fingerprint density at radius 1 is 1.43 bits per heavy atom. The lowest BCUT2D eigenvalue weighted by Crippen LogP contribution is -3.00. The first-order valence-corrected chi connectivity index (χ1v) is 4.03. The highest BCUT2D eigenvalue weighted by Gasteiger charge is 1.99. The fourth-order valence-electron chi connectivity index (χ4n) is 0.998. The van der Waals surface area contributed by atoms with Crippen LogP contribution in [0, 0.1) is 6.92 Å². The summed E-state index contributed by atoms with van der Waals surface area (Å²) in [5.41, 5.74) is 4.11. The van der Waals surface area contributed by atoms with E-state index in [4.69, 9.17) is 5.84 Å². The number of nitrogens with two attached hydrogens (primary N) is 1. The van der Waals surface area contributed by atoms with Gasteiger partial charge in [-0.15, -0.1) is 0 Å². The number of carbonyl (C=O) groups excluding carboxylic acids is 1. The van der Waals surface area contributed by atoms with Gasteiger partial charge >= 0.3 is 0 Å². The first-order valence-electron chi connectivity index (χ1n) is 4.03. The molecule has 0 heterocycles. The molecule has 0 atom stereocenters. The van der Waals surface area contributed by atoms with Crippen LogP contribution >= 0.6 is 0 Å². The number of hydrogen-bond donors (Lipinski definition) is 3. The summed E-state index contributed by atoms with van der Waals surface area (Å²) in [7, 11) is 0. The standard InChI is InChI=1S/C9H13N3O.ClH/c1-7-4-2-3-5-8(7)11-6-9(13)12-10;/h2-5,11H,6,10H2,1H3,(H,12,13);1H/p-1. The van der Waals surface area contributed by atoms with Crippen molar-refractivity contribution in [1.82, 2.24) is 5.43 Å². The van der Waals surface area contributed by atoms with Gasteiger partial charge in [0.25, 0.3) is 5.91 Å². The molecule has 78 valence electrons. The number of hydrogen-bond acceptors (Lipinski definition) is 3. The van der Waals surface area contributed by atoms with E-state index in [0.717, 1.165) is 11.3 Å². The Labute approximate surface area is 89.3 Å². The summed E-state index contributed by atoms with van der Waals surface area (Å²) >= 11 is 0. The molecular weight excluding hydrogens is 202 g/mol. The first kappa shape index (κ1) is 12.7. The van der Waals surface area contributed by atoms with Crippen molar-refractivity contribution in [2.75, 3.05) is 11.9 Å². The quantitative estimate of drug-likeness (QED) is 0.294. The molecule has 0 aliphatic heterocycles. The maximum atomic E-state index is 10.8. The Bertz CT molecular complexity index is 304. The zero-order valence-electron chi connectivity index (χ0n) is 7.88. The van der Waals surface area contributed by atoms with Crippen LogP contribution in [-0.4, -0.2) is 12.5 Å². The zero-order chi connectivity index (χ0) is 9.68. The van der Waals surface area contributed by atoms with E-state index < -0.39 is 0 Å². The van der Waals surface area contributed by atoms with E-state index in [1.807, 2.05) is 31.2 Å². The number of carbonyl (C=O) groups is 1. The van der Waals surface area contributed by atoms with Crippen LogP contribution in [0.3, 0.4) is 0 Å². The lowest BCUT2D eigenvalue weighted by Gasteiger charge is -2.07. The molecular formula is C9H13ClN3O-. The van der Waals surface area contributed by atoms with Gasteiger partial charge in [0.05, 0.1) is 6.54 Å². The van der Waals surface area contributed by atoms with Crippen molar-refractivity contribution in [2.24, 2.45) is 5.84 Å². The fraction of sp³-hybridized carbons (Fsp3) is 0.222. The molecule has 1 aromatic carbocycles. The van der Waals surface area contributed by atoms with Gasteiger partial charge in [-0.3, -0.25) is 10.2 Å². The number of para-hydroxylation sites is 1. The van der Waals surface area contributed by atoms with Crippen LogP contribution in [0.1, 0.15) is 5.56 Å². The third-order valence-electron chi connectivity index (χ3n) is 1.75. The molecule has 5 heteroatoms. The fourth-order valence-corrected chi connectivity index (χ4v) is 0.998. The van der Waals surface area contributed by atoms with Crippen molar-refractivity contribution in [3.05, 3.63) is 29.8 Å². The summed E-state index contributed by atoms with van der Waals surface area (Å²) in [5, 5.41) is 2.97. The molecule has 0 spiro atoms. The normalized spacial score (nSPS) is 8.71. The van der Waals surface area contributed by atoms with Crippen LogP contribution in [-0.2, 0) is 4.79 Å². The van der Waals surface area contributed by atoms with E-state index in [9.17, 15) is 4.79 Å². The summed E-state index contributed by atoms with van der Waals surface area (Å²) in [4.78, 5) is 10.8. The molecule has 1 rings (SSSR count). The Morgan fingerprint density at radius 2 is 2.07 bits per heavy atom. The number of amides is 1. The average Bonchev–Trinajstić information content (AvgIpc) is 2.16. The summed E-state index contributed by atoms with van der Waals surface area (Å²) < 4.78 is 0. The maximum Gasteiger partial charge on any atom is 0.253 e. The lowest BCUT2D eigenvalue weighted by atomic mass is 10.2. The number of rotatable bonds is 3. The Kier molecular flexibility index (Phi) is 5.67. The molecule has 4 nitrogen and oxygen atoms in total. The minimum Gasteiger partial charge on any atom is -1.00 e. The van der Waals surface area contributed by atoms with Gasteiger partial charge in [0.2, 0.25) is 0 Å². The molecule has 0 aliphatic rings. The van der Waals surface area contributed by atoms with Crippen LogP contribution in [0.2, 0.25) is 0 Å². The Balaban J connectivity index is 0.00000169. The van der Waals surface area contributed by atoms with Gasteiger partial charge in [0.15, 0.2) is 0 Å². The molecule has 0 saturated heterocycles. The minimum atomic E-state index is -0.233. The van der Waals surface area contributed by atoms with Crippen LogP contribution < -0.4 is 29.0 Å². The minimum absolute atomic E-state index is 0. The SMILES string of the molecule is Cc1ccccc1NCC(=O)NN.[Cl-]. The van der Waals surface area contributed by atoms with Crippen molar-refractivity contribution < 1.29 is 17.2 Å². The number of halogens is 1. The highest BCUT2D eigenvalue weighted by Crippen LogP contribution is 2.11. The van der Waals surface area contributed by atoms with Crippen molar-refractivity contribution in [2.45, 2.75) is 6.92 Å². The van der Waals surface area contributed by atoms with Crippen LogP contribution in [0.5, 0.6) is 0 Å². The van der Waals surface area contributed by atoms with Gasteiger partial charge in [-0.05, 0) is 18.6 Å². The maximum absolute atomic E-state index is 10.8. The topological polar surface area (TPSA) is 67.2 Å². The van der Waals surface area contributed by atoms with E-state index >= 15 is 0 Å². The monoisotopic (exact) mass is 214 g/mol. The largest absolute Gasteiger partial charge is 1.00 e. The van der Waals surface area contributed by atoms with E-state index in [2.05, 4.69) is 10.7 Å². The number of anilines is 1. The number of hydrazine groups is 1. The number of aryl methyl sites for hydroxylation is 1. The van der Waals surface area contributed by atoms with E-state index in [1.165, 1.54) is 0 Å². The van der Waals surface area contributed by atoms with Gasteiger partial charge in [0.1, 0.15) is 0 Å². The molecule has 0 radical (unpaired) electrons. The van der Waals surface area contributed by atoms with Gasteiger partial charge in [-0.2, -0.15) is 0 Å². The summed E-state index contributed by atoms with van der Waals surface area (Å²) in [5.74, 6) is 4.70. The predicted octanol–water partition coefficient (Wildman–Crippen LogP) is -2.60. The molecule has 0 aromatic heterocycles. The third-order valence-corrected chi connectivity index (χ3v) is 1.75. The van der Waals surface area contributed by atoms with Crippen LogP contribution in [0.4, 0.5) is 5.69 Å². The molecule has 14 heavy (non-hydrogen) atoms. The van der Waals surface area contributed by atoms with Gasteiger partial charge in [-0.1, -0.05) is 18.2 Å².